The second-order valence-corrected chi connectivity index (χ2v) is 7.37. The highest BCUT2D eigenvalue weighted by atomic mass is 19.1. The number of anilines is 1. The second-order valence-electron chi connectivity index (χ2n) is 7.37. The summed E-state index contributed by atoms with van der Waals surface area (Å²) in [5.41, 5.74) is 3.44. The largest absolute Gasteiger partial charge is 0.480 e. The zero-order chi connectivity index (χ0) is 22.1. The first-order valence-corrected chi connectivity index (χ1v) is 10.2. The molecule has 0 bridgehead atoms. The molecule has 4 aromatic rings. The minimum absolute atomic E-state index is 0.101. The van der Waals surface area contributed by atoms with Crippen LogP contribution in [-0.2, 0) is 4.74 Å². The van der Waals surface area contributed by atoms with Gasteiger partial charge in [0.2, 0.25) is 5.88 Å². The number of morpholine rings is 1. The number of nitrogens with zero attached hydrogens (tertiary/aromatic N) is 5. The van der Waals surface area contributed by atoms with Crippen molar-refractivity contribution in [3.05, 3.63) is 66.1 Å². The summed E-state index contributed by atoms with van der Waals surface area (Å²) in [5.74, 6) is -0.144. The fourth-order valence-electron chi connectivity index (χ4n) is 4.04. The van der Waals surface area contributed by atoms with E-state index in [9.17, 15) is 9.65 Å². The van der Waals surface area contributed by atoms with Crippen molar-refractivity contribution >= 4 is 16.6 Å². The lowest BCUT2D eigenvalue weighted by molar-refractivity contribution is 0.122. The SMILES string of the molecule is COc1nccc2c1c(-c1ccc(N3CCOCC3)cc1)nn2-c1c(F)cccc1C#N. The number of benzene rings is 2. The summed E-state index contributed by atoms with van der Waals surface area (Å²) in [5, 5.41) is 14.9. The fraction of sp³-hybridized carbons (Fsp3) is 0.208. The Morgan fingerprint density at radius 2 is 1.88 bits per heavy atom. The Kier molecular flexibility index (Phi) is 5.17. The van der Waals surface area contributed by atoms with E-state index in [1.54, 1.807) is 18.3 Å². The number of ether oxygens (including phenoxy) is 2. The van der Waals surface area contributed by atoms with Crippen LogP contribution in [0.5, 0.6) is 5.88 Å². The molecule has 1 aliphatic heterocycles. The van der Waals surface area contributed by atoms with Crippen LogP contribution in [0.25, 0.3) is 27.8 Å². The lowest BCUT2D eigenvalue weighted by Gasteiger charge is -2.28. The third kappa shape index (κ3) is 3.33. The van der Waals surface area contributed by atoms with Gasteiger partial charge in [0, 0.05) is 30.5 Å². The first-order chi connectivity index (χ1) is 15.7. The average Bonchev–Trinajstić information content (AvgIpc) is 3.24. The molecule has 1 fully saturated rings. The van der Waals surface area contributed by atoms with Gasteiger partial charge in [-0.05, 0) is 30.3 Å². The summed E-state index contributed by atoms with van der Waals surface area (Å²) in [6.45, 7) is 3.12. The molecule has 0 aliphatic carbocycles. The Hall–Kier alpha value is -3.96. The highest BCUT2D eigenvalue weighted by molar-refractivity contribution is 5.98. The Bertz CT molecular complexity index is 1320. The molecule has 160 valence electrons. The van der Waals surface area contributed by atoms with Gasteiger partial charge in [-0.15, -0.1) is 0 Å². The van der Waals surface area contributed by atoms with E-state index in [4.69, 9.17) is 14.6 Å². The molecule has 7 nitrogen and oxygen atoms in total. The minimum atomic E-state index is -0.529. The van der Waals surface area contributed by atoms with E-state index in [0.29, 0.717) is 35.7 Å². The van der Waals surface area contributed by atoms with Crippen molar-refractivity contribution in [2.75, 3.05) is 38.3 Å². The summed E-state index contributed by atoms with van der Waals surface area (Å²) in [7, 11) is 1.54. The summed E-state index contributed by atoms with van der Waals surface area (Å²) < 4.78 is 27.2. The molecule has 0 spiro atoms. The van der Waals surface area contributed by atoms with Crippen LogP contribution in [0.4, 0.5) is 10.1 Å². The smallest absolute Gasteiger partial charge is 0.224 e. The van der Waals surface area contributed by atoms with E-state index in [1.165, 1.54) is 23.9 Å². The maximum atomic E-state index is 14.8. The summed E-state index contributed by atoms with van der Waals surface area (Å²) in [4.78, 5) is 6.59. The van der Waals surface area contributed by atoms with Crippen LogP contribution in [0, 0.1) is 17.1 Å². The summed E-state index contributed by atoms with van der Waals surface area (Å²) in [6, 6.07) is 16.2. The minimum Gasteiger partial charge on any atom is -0.480 e. The third-order valence-electron chi connectivity index (χ3n) is 5.59. The van der Waals surface area contributed by atoms with Crippen molar-refractivity contribution in [1.29, 1.82) is 5.26 Å². The molecule has 8 heteroatoms. The fourth-order valence-corrected chi connectivity index (χ4v) is 4.04. The van der Waals surface area contributed by atoms with Gasteiger partial charge in [0.05, 0.1) is 36.8 Å². The third-order valence-corrected chi connectivity index (χ3v) is 5.59. The number of methoxy groups -OCH3 is 1. The van der Waals surface area contributed by atoms with Crippen LogP contribution in [0.2, 0.25) is 0 Å². The average molecular weight is 429 g/mol. The standard InChI is InChI=1S/C24H20FN5O2/c1-31-24-21-20(9-10-27-24)30(23-17(15-26)3-2-4-19(23)25)28-22(21)16-5-7-18(8-6-16)29-11-13-32-14-12-29/h2-10H,11-14H2,1H3. The van der Waals surface area contributed by atoms with Crippen LogP contribution >= 0.6 is 0 Å². The zero-order valence-electron chi connectivity index (χ0n) is 17.5. The van der Waals surface area contributed by atoms with Crippen LogP contribution in [0.1, 0.15) is 5.56 Å². The maximum absolute atomic E-state index is 14.8. The molecule has 2 aromatic heterocycles. The Balaban J connectivity index is 1.69. The first kappa shape index (κ1) is 20.0. The lowest BCUT2D eigenvalue weighted by atomic mass is 10.1. The van der Waals surface area contributed by atoms with Crippen LogP contribution < -0.4 is 9.64 Å². The molecule has 2 aromatic carbocycles. The normalized spacial score (nSPS) is 13.8. The molecule has 1 aliphatic rings. The Labute approximate surface area is 184 Å². The van der Waals surface area contributed by atoms with Gasteiger partial charge in [0.15, 0.2) is 0 Å². The number of pyridine rings is 1. The van der Waals surface area contributed by atoms with Crippen LogP contribution in [-0.4, -0.2) is 48.2 Å². The number of aromatic nitrogens is 3. The van der Waals surface area contributed by atoms with E-state index < -0.39 is 5.82 Å². The number of nitriles is 1. The summed E-state index contributed by atoms with van der Waals surface area (Å²) in [6.07, 6.45) is 1.58. The topological polar surface area (TPSA) is 76.2 Å². The maximum Gasteiger partial charge on any atom is 0.224 e. The molecule has 3 heterocycles. The number of para-hydroxylation sites is 1. The molecule has 0 unspecified atom stereocenters. The molecule has 0 N–H and O–H groups in total. The van der Waals surface area contributed by atoms with Gasteiger partial charge in [0.1, 0.15) is 23.3 Å². The van der Waals surface area contributed by atoms with Gasteiger partial charge in [-0.3, -0.25) is 0 Å². The van der Waals surface area contributed by atoms with Crippen molar-refractivity contribution in [2.24, 2.45) is 0 Å². The number of halogens is 1. The van der Waals surface area contributed by atoms with Crippen molar-refractivity contribution in [3.8, 4) is 28.9 Å². The van der Waals surface area contributed by atoms with Gasteiger partial charge in [-0.2, -0.15) is 10.4 Å². The number of fused-ring (bicyclic) bond motifs is 1. The van der Waals surface area contributed by atoms with Crippen molar-refractivity contribution in [1.82, 2.24) is 14.8 Å². The van der Waals surface area contributed by atoms with Gasteiger partial charge in [-0.25, -0.2) is 14.1 Å². The number of hydrogen-bond acceptors (Lipinski definition) is 6. The van der Waals surface area contributed by atoms with E-state index in [-0.39, 0.29) is 11.3 Å². The zero-order valence-corrected chi connectivity index (χ0v) is 17.5. The number of rotatable bonds is 4. The van der Waals surface area contributed by atoms with Gasteiger partial charge in [-0.1, -0.05) is 18.2 Å². The van der Waals surface area contributed by atoms with Crippen LogP contribution in [0.3, 0.4) is 0 Å². The van der Waals surface area contributed by atoms with Crippen molar-refractivity contribution in [2.45, 2.75) is 0 Å². The summed E-state index contributed by atoms with van der Waals surface area (Å²) >= 11 is 0. The second kappa shape index (κ2) is 8.29. The molecule has 0 saturated carbocycles. The van der Waals surface area contributed by atoms with E-state index in [0.717, 1.165) is 24.3 Å². The molecule has 0 atom stereocenters. The van der Waals surface area contributed by atoms with E-state index in [2.05, 4.69) is 16.0 Å². The molecular weight excluding hydrogens is 409 g/mol. The van der Waals surface area contributed by atoms with Gasteiger partial charge in [0.25, 0.3) is 0 Å². The number of hydrogen-bond donors (Lipinski definition) is 0. The Morgan fingerprint density at radius 3 is 2.59 bits per heavy atom. The quantitative estimate of drug-likeness (QED) is 0.489. The predicted molar refractivity (Wildman–Crippen MR) is 119 cm³/mol. The van der Waals surface area contributed by atoms with Crippen molar-refractivity contribution in [3.63, 3.8) is 0 Å². The van der Waals surface area contributed by atoms with Crippen molar-refractivity contribution < 1.29 is 13.9 Å². The van der Waals surface area contributed by atoms with Gasteiger partial charge >= 0.3 is 0 Å². The first-order valence-electron chi connectivity index (χ1n) is 10.2. The van der Waals surface area contributed by atoms with E-state index >= 15 is 0 Å². The predicted octanol–water partition coefficient (Wildman–Crippen LogP) is 3.94. The molecule has 32 heavy (non-hydrogen) atoms. The molecular formula is C24H20FN5O2. The molecule has 0 radical (unpaired) electrons. The monoisotopic (exact) mass is 429 g/mol. The lowest BCUT2D eigenvalue weighted by Crippen LogP contribution is -2.36. The van der Waals surface area contributed by atoms with Gasteiger partial charge < -0.3 is 14.4 Å². The highest BCUT2D eigenvalue weighted by Crippen LogP contribution is 2.36. The molecule has 1 saturated heterocycles. The van der Waals surface area contributed by atoms with E-state index in [1.807, 2.05) is 24.3 Å². The molecule has 0 amide bonds. The Morgan fingerprint density at radius 1 is 1.09 bits per heavy atom. The van der Waals surface area contributed by atoms with Crippen LogP contribution in [0.15, 0.2) is 54.7 Å². The molecule has 5 rings (SSSR count). The highest BCUT2D eigenvalue weighted by Gasteiger charge is 2.22.